The Labute approximate surface area is 107 Å². The third-order valence-electron chi connectivity index (χ3n) is 2.59. The van der Waals surface area contributed by atoms with Crippen LogP contribution in [0.4, 0.5) is 5.82 Å². The fourth-order valence-electron chi connectivity index (χ4n) is 1.54. The molecule has 0 saturated heterocycles. The first kappa shape index (κ1) is 12.3. The van der Waals surface area contributed by atoms with Crippen molar-refractivity contribution >= 4 is 11.7 Å². The maximum Gasteiger partial charge on any atom is 0.228 e. The van der Waals surface area contributed by atoms with Gasteiger partial charge < -0.3 is 5.32 Å². The molecule has 0 saturated carbocycles. The molecular weight excluding hydrogens is 224 g/mol. The molecule has 1 aromatic carbocycles. The first-order chi connectivity index (χ1) is 8.66. The van der Waals surface area contributed by atoms with Crippen molar-refractivity contribution in [1.29, 1.82) is 0 Å². The van der Waals surface area contributed by atoms with Gasteiger partial charge in [0.2, 0.25) is 5.91 Å². The van der Waals surface area contributed by atoms with E-state index in [0.717, 1.165) is 11.3 Å². The smallest absolute Gasteiger partial charge is 0.228 e. The highest BCUT2D eigenvalue weighted by atomic mass is 16.1. The number of amides is 1. The summed E-state index contributed by atoms with van der Waals surface area (Å²) in [5.41, 5.74) is 1.90. The number of anilines is 1. The molecule has 2 rings (SSSR count). The Kier molecular flexibility index (Phi) is 3.72. The number of carbonyl (C=O) groups is 1. The van der Waals surface area contributed by atoms with Crippen LogP contribution in [0.2, 0.25) is 0 Å². The van der Waals surface area contributed by atoms with E-state index in [1.807, 2.05) is 56.3 Å². The number of rotatable bonds is 3. The maximum atomic E-state index is 11.6. The molecule has 0 radical (unpaired) electrons. The first-order valence-electron chi connectivity index (χ1n) is 6.00. The quantitative estimate of drug-likeness (QED) is 0.894. The van der Waals surface area contributed by atoms with Crippen molar-refractivity contribution in [3.05, 3.63) is 48.5 Å². The number of aromatic nitrogens is 1. The molecular formula is C15H16N2O. The Morgan fingerprint density at radius 1 is 1.06 bits per heavy atom. The van der Waals surface area contributed by atoms with Crippen LogP contribution in [-0.4, -0.2) is 10.9 Å². The molecule has 0 atom stereocenters. The van der Waals surface area contributed by atoms with Gasteiger partial charge in [0.1, 0.15) is 5.82 Å². The van der Waals surface area contributed by atoms with Crippen molar-refractivity contribution in [2.45, 2.75) is 13.8 Å². The lowest BCUT2D eigenvalue weighted by Crippen LogP contribution is -2.18. The van der Waals surface area contributed by atoms with Crippen LogP contribution in [0.25, 0.3) is 11.3 Å². The predicted octanol–water partition coefficient (Wildman–Crippen LogP) is 3.34. The molecule has 1 amide bonds. The van der Waals surface area contributed by atoms with Gasteiger partial charge in [0.15, 0.2) is 0 Å². The lowest BCUT2D eigenvalue weighted by atomic mass is 10.1. The van der Waals surface area contributed by atoms with E-state index in [1.165, 1.54) is 0 Å². The van der Waals surface area contributed by atoms with E-state index in [9.17, 15) is 4.79 Å². The third kappa shape index (κ3) is 2.94. The van der Waals surface area contributed by atoms with Gasteiger partial charge in [0.05, 0.1) is 5.69 Å². The van der Waals surface area contributed by atoms with Crippen molar-refractivity contribution in [3.8, 4) is 11.3 Å². The van der Waals surface area contributed by atoms with E-state index in [1.54, 1.807) is 6.07 Å². The topological polar surface area (TPSA) is 42.0 Å². The number of hydrogen-bond donors (Lipinski definition) is 1. The van der Waals surface area contributed by atoms with Gasteiger partial charge in [-0.05, 0) is 12.1 Å². The van der Waals surface area contributed by atoms with Crippen LogP contribution in [-0.2, 0) is 4.79 Å². The second-order valence-corrected chi connectivity index (χ2v) is 4.42. The average molecular weight is 240 g/mol. The van der Waals surface area contributed by atoms with Crippen LogP contribution in [0.1, 0.15) is 13.8 Å². The normalized spacial score (nSPS) is 10.4. The number of pyridine rings is 1. The summed E-state index contributed by atoms with van der Waals surface area (Å²) in [6, 6.07) is 15.5. The summed E-state index contributed by atoms with van der Waals surface area (Å²) < 4.78 is 0. The first-order valence-corrected chi connectivity index (χ1v) is 6.00. The largest absolute Gasteiger partial charge is 0.310 e. The van der Waals surface area contributed by atoms with Crippen molar-refractivity contribution < 1.29 is 4.79 Å². The summed E-state index contributed by atoms with van der Waals surface area (Å²) in [5, 5.41) is 2.80. The van der Waals surface area contributed by atoms with Crippen LogP contribution in [0.15, 0.2) is 48.5 Å². The summed E-state index contributed by atoms with van der Waals surface area (Å²) in [7, 11) is 0. The van der Waals surface area contributed by atoms with E-state index in [0.29, 0.717) is 5.82 Å². The highest BCUT2D eigenvalue weighted by Gasteiger charge is 2.08. The Hall–Kier alpha value is -2.16. The monoisotopic (exact) mass is 240 g/mol. The number of carbonyl (C=O) groups excluding carboxylic acids is 1. The Morgan fingerprint density at radius 3 is 2.44 bits per heavy atom. The second kappa shape index (κ2) is 5.45. The summed E-state index contributed by atoms with van der Waals surface area (Å²) in [6.45, 7) is 3.72. The van der Waals surface area contributed by atoms with Gasteiger partial charge in [-0.15, -0.1) is 0 Å². The van der Waals surface area contributed by atoms with E-state index in [-0.39, 0.29) is 11.8 Å². The molecule has 1 aromatic heterocycles. The number of nitrogens with zero attached hydrogens (tertiary/aromatic N) is 1. The minimum absolute atomic E-state index is 0.0206. The third-order valence-corrected chi connectivity index (χ3v) is 2.59. The molecule has 0 spiro atoms. The summed E-state index contributed by atoms with van der Waals surface area (Å²) in [5.74, 6) is 0.523. The van der Waals surface area contributed by atoms with E-state index in [4.69, 9.17) is 0 Å². The summed E-state index contributed by atoms with van der Waals surface area (Å²) in [4.78, 5) is 16.0. The molecule has 2 aromatic rings. The molecule has 3 nitrogen and oxygen atoms in total. The molecule has 0 fully saturated rings. The van der Waals surface area contributed by atoms with Gasteiger partial charge in [0, 0.05) is 11.5 Å². The van der Waals surface area contributed by atoms with Gasteiger partial charge in [-0.1, -0.05) is 50.2 Å². The molecule has 0 aliphatic rings. The van der Waals surface area contributed by atoms with Crippen LogP contribution in [0.5, 0.6) is 0 Å². The molecule has 0 aliphatic heterocycles. The van der Waals surface area contributed by atoms with Crippen LogP contribution >= 0.6 is 0 Å². The van der Waals surface area contributed by atoms with E-state index < -0.39 is 0 Å². The molecule has 0 bridgehead atoms. The Bertz CT molecular complexity index is 535. The van der Waals surface area contributed by atoms with Crippen molar-refractivity contribution in [2.75, 3.05) is 5.32 Å². The van der Waals surface area contributed by atoms with Crippen LogP contribution < -0.4 is 5.32 Å². The molecule has 1 heterocycles. The van der Waals surface area contributed by atoms with Gasteiger partial charge in [-0.3, -0.25) is 4.79 Å². The molecule has 92 valence electrons. The minimum Gasteiger partial charge on any atom is -0.310 e. The fraction of sp³-hybridized carbons (Fsp3) is 0.200. The lowest BCUT2D eigenvalue weighted by Gasteiger charge is -2.08. The highest BCUT2D eigenvalue weighted by molar-refractivity contribution is 5.91. The standard InChI is InChI=1S/C15H16N2O/c1-11(2)15(18)17-14-10-6-9-13(16-14)12-7-4-3-5-8-12/h3-11H,1-2H3,(H,16,17,18). The summed E-state index contributed by atoms with van der Waals surface area (Å²) in [6.07, 6.45) is 0. The molecule has 18 heavy (non-hydrogen) atoms. The summed E-state index contributed by atoms with van der Waals surface area (Å²) >= 11 is 0. The van der Waals surface area contributed by atoms with Crippen molar-refractivity contribution in [3.63, 3.8) is 0 Å². The van der Waals surface area contributed by atoms with Gasteiger partial charge >= 0.3 is 0 Å². The zero-order valence-corrected chi connectivity index (χ0v) is 10.6. The SMILES string of the molecule is CC(C)C(=O)Nc1cccc(-c2ccccc2)n1. The van der Waals surface area contributed by atoms with E-state index in [2.05, 4.69) is 10.3 Å². The lowest BCUT2D eigenvalue weighted by molar-refractivity contribution is -0.118. The predicted molar refractivity (Wildman–Crippen MR) is 73.1 cm³/mol. The van der Waals surface area contributed by atoms with Crippen LogP contribution in [0, 0.1) is 5.92 Å². The second-order valence-electron chi connectivity index (χ2n) is 4.42. The van der Waals surface area contributed by atoms with Gasteiger partial charge in [-0.2, -0.15) is 0 Å². The van der Waals surface area contributed by atoms with Crippen molar-refractivity contribution in [2.24, 2.45) is 5.92 Å². The number of hydrogen-bond acceptors (Lipinski definition) is 2. The molecule has 1 N–H and O–H groups in total. The zero-order valence-electron chi connectivity index (χ0n) is 10.6. The van der Waals surface area contributed by atoms with Gasteiger partial charge in [-0.25, -0.2) is 4.98 Å². The van der Waals surface area contributed by atoms with E-state index >= 15 is 0 Å². The minimum atomic E-state index is -0.0489. The van der Waals surface area contributed by atoms with Gasteiger partial charge in [0.25, 0.3) is 0 Å². The van der Waals surface area contributed by atoms with Crippen molar-refractivity contribution in [1.82, 2.24) is 4.98 Å². The molecule has 3 heteroatoms. The zero-order chi connectivity index (χ0) is 13.0. The highest BCUT2D eigenvalue weighted by Crippen LogP contribution is 2.18. The van der Waals surface area contributed by atoms with Crippen LogP contribution in [0.3, 0.4) is 0 Å². The Balaban J connectivity index is 2.23. The fourth-order valence-corrected chi connectivity index (χ4v) is 1.54. The number of nitrogens with one attached hydrogen (secondary N) is 1. The maximum absolute atomic E-state index is 11.6. The number of benzene rings is 1. The molecule has 0 aliphatic carbocycles. The Morgan fingerprint density at radius 2 is 1.78 bits per heavy atom. The molecule has 0 unspecified atom stereocenters. The average Bonchev–Trinajstić information content (AvgIpc) is 2.40.